The number of thiocarbonyl (C=S) groups is 1. The fourth-order valence-corrected chi connectivity index (χ4v) is 1.51. The molecule has 0 N–H and O–H groups in total. The molecule has 0 nitrogen and oxygen atoms in total. The number of hydrogen-bond donors (Lipinski definition) is 0. The maximum Gasteiger partial charge on any atom is 1.00 e. The first-order valence-corrected chi connectivity index (χ1v) is 4.25. The van der Waals surface area contributed by atoms with Crippen molar-refractivity contribution >= 4 is 32.0 Å². The van der Waals surface area contributed by atoms with Crippen LogP contribution >= 0.6 is 12.2 Å². The van der Waals surface area contributed by atoms with Crippen molar-refractivity contribution in [1.29, 1.82) is 0 Å². The van der Waals surface area contributed by atoms with E-state index in [1.54, 1.807) is 0 Å². The first-order valence-electron chi connectivity index (χ1n) is 2.99. The molecule has 0 saturated heterocycles. The average Bonchev–Trinajstić information content (AvgIpc) is 1.88. The van der Waals surface area contributed by atoms with Crippen LogP contribution in [0.25, 0.3) is 0 Å². The Morgan fingerprint density at radius 3 is 2.27 bits per heavy atom. The fraction of sp³-hybridized carbons (Fsp3) is 0.125. The van der Waals surface area contributed by atoms with E-state index in [0.29, 0.717) is 0 Å². The largest absolute Gasteiger partial charge is 1.00 e. The third kappa shape index (κ3) is 3.79. The molecular weight excluding hydrogens is 246 g/mol. The fourth-order valence-electron chi connectivity index (χ4n) is 0.802. The molecule has 0 saturated carbocycles. The Morgan fingerprint density at radius 1 is 1.36 bits per heavy atom. The van der Waals surface area contributed by atoms with Crippen molar-refractivity contribution in [3.63, 3.8) is 0 Å². The molecule has 0 amide bonds. The van der Waals surface area contributed by atoms with Crippen LogP contribution < -0.4 is 51.4 Å². The molecule has 1 rings (SSSR count). The van der Waals surface area contributed by atoms with E-state index in [2.05, 4.69) is 29.0 Å². The molecule has 1 aromatic carbocycles. The van der Waals surface area contributed by atoms with Crippen molar-refractivity contribution in [3.05, 3.63) is 35.4 Å². The monoisotopic (exact) mass is 254 g/mol. The minimum absolute atomic E-state index is 0. The molecule has 0 heterocycles. The molecule has 1 aromatic rings. The van der Waals surface area contributed by atoms with Crippen molar-refractivity contribution in [2.75, 3.05) is 0 Å². The second kappa shape index (κ2) is 6.00. The maximum absolute atomic E-state index is 4.99. The molecule has 0 aliphatic carbocycles. The zero-order chi connectivity index (χ0) is 7.56. The summed E-state index contributed by atoms with van der Waals surface area (Å²) in [6.45, 7) is 2.05. The van der Waals surface area contributed by atoms with Gasteiger partial charge < -0.3 is 0 Å². The van der Waals surface area contributed by atoms with Gasteiger partial charge in [-0.05, 0) is 0 Å². The Kier molecular flexibility index (Phi) is 6.80. The molecule has 0 atom stereocenters. The third-order valence-corrected chi connectivity index (χ3v) is 2.05. The van der Waals surface area contributed by atoms with E-state index in [-0.39, 0.29) is 51.4 Å². The van der Waals surface area contributed by atoms with Crippen LogP contribution in [0.5, 0.6) is 0 Å². The molecule has 0 fully saturated rings. The molecule has 0 unspecified atom stereocenters. The number of hydrogen-bond acceptors (Lipinski definition) is 1. The van der Waals surface area contributed by atoms with E-state index in [4.69, 9.17) is 12.2 Å². The molecule has 11 heavy (non-hydrogen) atoms. The molecule has 0 aromatic heterocycles. The van der Waals surface area contributed by atoms with Crippen LogP contribution in [0, 0.1) is 6.92 Å². The van der Waals surface area contributed by atoms with E-state index < -0.39 is 0 Å². The smallest absolute Gasteiger partial charge is 1.00 e. The zero-order valence-corrected chi connectivity index (χ0v) is 12.3. The van der Waals surface area contributed by atoms with Crippen LogP contribution in [0.4, 0.5) is 0 Å². The predicted octanol–water partition coefficient (Wildman–Crippen LogP) is -1.16. The number of rotatable bonds is 1. The normalized spacial score (nSPS) is 8.45. The van der Waals surface area contributed by atoms with Crippen LogP contribution in [0.15, 0.2) is 24.3 Å². The van der Waals surface area contributed by atoms with Gasteiger partial charge in [-0.3, -0.25) is 0 Å². The van der Waals surface area contributed by atoms with Crippen LogP contribution in [0.1, 0.15) is 11.1 Å². The van der Waals surface area contributed by atoms with Gasteiger partial charge in [0.25, 0.3) is 0 Å². The second-order valence-electron chi connectivity index (χ2n) is 2.10. The molecule has 52 valence electrons. The maximum atomic E-state index is 4.99. The van der Waals surface area contributed by atoms with E-state index in [1.807, 2.05) is 18.2 Å². The quantitative estimate of drug-likeness (QED) is 0.449. The van der Waals surface area contributed by atoms with E-state index in [0.717, 1.165) is 9.33 Å². The summed E-state index contributed by atoms with van der Waals surface area (Å²) in [5.74, 6) is 0. The summed E-state index contributed by atoms with van der Waals surface area (Å²) in [5, 5.41) is 0. The average molecular weight is 253 g/mol. The Morgan fingerprint density at radius 2 is 1.91 bits per heavy atom. The summed E-state index contributed by atoms with van der Waals surface area (Å²) in [5.41, 5.74) is 2.36. The minimum atomic E-state index is 0. The molecule has 0 radical (unpaired) electrons. The summed E-state index contributed by atoms with van der Waals surface area (Å²) in [4.78, 5) is 0. The Bertz CT molecular complexity index is 260. The summed E-state index contributed by atoms with van der Waals surface area (Å²) in [7, 11) is 0. The van der Waals surface area contributed by atoms with Crippen LogP contribution in [0.2, 0.25) is 0 Å². The molecule has 0 bridgehead atoms. The van der Waals surface area contributed by atoms with Gasteiger partial charge in [-0.15, -0.1) is 0 Å². The third-order valence-electron chi connectivity index (χ3n) is 1.36. The van der Waals surface area contributed by atoms with Gasteiger partial charge in [-0.25, -0.2) is 0 Å². The topological polar surface area (TPSA) is 0 Å². The van der Waals surface area contributed by atoms with E-state index in [1.165, 1.54) is 5.56 Å². The Labute approximate surface area is 123 Å². The van der Waals surface area contributed by atoms with Gasteiger partial charge in [0.2, 0.25) is 0 Å². The van der Waals surface area contributed by atoms with Crippen LogP contribution in [-0.4, -0.2) is 19.8 Å². The van der Waals surface area contributed by atoms with Crippen molar-refractivity contribution < 1.29 is 51.4 Å². The Hall–Kier alpha value is 1.47. The first-order chi connectivity index (χ1) is 4.72. The summed E-state index contributed by atoms with van der Waals surface area (Å²) in [6, 6.07) is 8.08. The van der Waals surface area contributed by atoms with E-state index >= 15 is 0 Å². The van der Waals surface area contributed by atoms with Crippen LogP contribution in [-0.2, 0) is 0 Å². The standard InChI is InChI=1S/C8H8SSe.K/c1-6-4-2-3-5-7(6)8(9)10;/h2-5H,1H3,(H,9,10);/q;+1/p-1. The Balaban J connectivity index is 0.000001000. The van der Waals surface area contributed by atoms with Gasteiger partial charge >= 0.3 is 126 Å². The number of benzene rings is 1. The van der Waals surface area contributed by atoms with Gasteiger partial charge in [0.1, 0.15) is 0 Å². The molecule has 3 heteroatoms. The van der Waals surface area contributed by atoms with Crippen molar-refractivity contribution in [1.82, 2.24) is 0 Å². The van der Waals surface area contributed by atoms with Crippen LogP contribution in [0.3, 0.4) is 0 Å². The van der Waals surface area contributed by atoms with Gasteiger partial charge in [-0.1, -0.05) is 0 Å². The first kappa shape index (κ1) is 12.5. The molecule has 0 aliphatic heterocycles. The van der Waals surface area contributed by atoms with Crippen molar-refractivity contribution in [3.8, 4) is 0 Å². The molecule has 0 spiro atoms. The molecular formula is C8H7KSSe. The summed E-state index contributed by atoms with van der Waals surface area (Å²) in [6.07, 6.45) is 0. The minimum Gasteiger partial charge on any atom is 1.00 e. The predicted molar refractivity (Wildman–Crippen MR) is 48.6 cm³/mol. The van der Waals surface area contributed by atoms with Crippen molar-refractivity contribution in [2.24, 2.45) is 0 Å². The molecule has 0 aliphatic rings. The van der Waals surface area contributed by atoms with E-state index in [9.17, 15) is 0 Å². The zero-order valence-electron chi connectivity index (χ0n) is 6.63. The van der Waals surface area contributed by atoms with Crippen molar-refractivity contribution in [2.45, 2.75) is 6.92 Å². The van der Waals surface area contributed by atoms with Gasteiger partial charge in [0.15, 0.2) is 0 Å². The summed E-state index contributed by atoms with van der Waals surface area (Å²) < 4.78 is 0.845. The van der Waals surface area contributed by atoms with Gasteiger partial charge in [0, 0.05) is 0 Å². The second-order valence-corrected chi connectivity index (χ2v) is 3.95. The SMILES string of the molecule is Cc1ccccc1C(=S)[Se-].[K+]. The number of aryl methyl sites for hydroxylation is 1. The van der Waals surface area contributed by atoms with Gasteiger partial charge in [0.05, 0.1) is 0 Å². The summed E-state index contributed by atoms with van der Waals surface area (Å²) >= 11 is 7.82. The van der Waals surface area contributed by atoms with Gasteiger partial charge in [-0.2, -0.15) is 0 Å².